The largest absolute Gasteiger partial charge is 0.369 e. The fourth-order valence-corrected chi connectivity index (χ4v) is 7.75. The van der Waals surface area contributed by atoms with Crippen LogP contribution >= 0.6 is 39.5 Å². The molecule has 176 valence electrons. The van der Waals surface area contributed by atoms with Crippen LogP contribution in [0.15, 0.2) is 27.6 Å². The van der Waals surface area contributed by atoms with Gasteiger partial charge >= 0.3 is 0 Å². The Morgan fingerprint density at radius 1 is 1.28 bits per heavy atom. The van der Waals surface area contributed by atoms with Crippen molar-refractivity contribution in [2.24, 2.45) is 28.9 Å². The quantitative estimate of drug-likeness (QED) is 0.400. The van der Waals surface area contributed by atoms with Gasteiger partial charge in [-0.25, -0.2) is 4.72 Å². The molecule has 0 saturated heterocycles. The molecule has 2 bridgehead atoms. The van der Waals surface area contributed by atoms with E-state index in [9.17, 15) is 9.59 Å². The van der Waals surface area contributed by atoms with Crippen molar-refractivity contribution < 1.29 is 9.59 Å². The molecule has 0 radical (unpaired) electrons. The van der Waals surface area contributed by atoms with Crippen molar-refractivity contribution in [3.63, 3.8) is 0 Å². The standard InChI is InChI=1S/C24H33BrClN3O2S/c1-3-15-9-14-10-16(13-23(2,12-14)21(27)30)20(15)28-22(31)24(7-4-8-24)29-32-19-6-5-17(25)11-18(19)26/h5-6,11,14-16,20,29H,3-4,7-10,12-13H2,1-2H3,(H2,27,30)(H,28,31). The maximum Gasteiger partial charge on any atom is 0.241 e. The van der Waals surface area contributed by atoms with Gasteiger partial charge in [0, 0.05) is 20.8 Å². The number of fused-ring (bicyclic) bond motifs is 2. The van der Waals surface area contributed by atoms with Crippen molar-refractivity contribution in [3.8, 4) is 0 Å². The average molecular weight is 543 g/mol. The second-order valence-corrected chi connectivity index (χ2v) is 12.5. The second-order valence-electron chi connectivity index (χ2n) is 10.3. The molecule has 5 atom stereocenters. The number of hydrogen-bond donors (Lipinski definition) is 3. The van der Waals surface area contributed by atoms with Gasteiger partial charge in [0.1, 0.15) is 5.54 Å². The van der Waals surface area contributed by atoms with Crippen molar-refractivity contribution in [2.75, 3.05) is 0 Å². The summed E-state index contributed by atoms with van der Waals surface area (Å²) < 4.78 is 4.38. The number of halogens is 2. The normalized spacial score (nSPS) is 33.2. The van der Waals surface area contributed by atoms with Crippen molar-refractivity contribution in [3.05, 3.63) is 27.7 Å². The monoisotopic (exact) mass is 541 g/mol. The van der Waals surface area contributed by atoms with Crippen LogP contribution in [0.1, 0.15) is 65.2 Å². The Balaban J connectivity index is 1.47. The molecule has 3 aliphatic rings. The van der Waals surface area contributed by atoms with Gasteiger partial charge in [-0.2, -0.15) is 0 Å². The van der Waals surface area contributed by atoms with E-state index in [4.69, 9.17) is 17.3 Å². The Hall–Kier alpha value is -0.760. The molecule has 2 amide bonds. The van der Waals surface area contributed by atoms with Crippen LogP contribution in [-0.2, 0) is 9.59 Å². The maximum absolute atomic E-state index is 13.6. The molecule has 3 fully saturated rings. The van der Waals surface area contributed by atoms with Crippen molar-refractivity contribution in [1.82, 2.24) is 10.0 Å². The number of carbonyl (C=O) groups is 2. The van der Waals surface area contributed by atoms with Crippen LogP contribution in [0.3, 0.4) is 0 Å². The first-order valence-electron chi connectivity index (χ1n) is 11.7. The van der Waals surface area contributed by atoms with E-state index < -0.39 is 11.0 Å². The van der Waals surface area contributed by atoms with Crippen molar-refractivity contribution >= 4 is 51.3 Å². The lowest BCUT2D eigenvalue weighted by Crippen LogP contribution is -2.64. The molecule has 8 heteroatoms. The summed E-state index contributed by atoms with van der Waals surface area (Å²) in [5, 5.41) is 4.10. The molecule has 4 N–H and O–H groups in total. The molecule has 3 saturated carbocycles. The Kier molecular flexibility index (Phi) is 7.21. The van der Waals surface area contributed by atoms with Gasteiger partial charge < -0.3 is 11.1 Å². The van der Waals surface area contributed by atoms with Gasteiger partial charge in [0.2, 0.25) is 11.8 Å². The molecular weight excluding hydrogens is 510 g/mol. The van der Waals surface area contributed by atoms with E-state index in [-0.39, 0.29) is 17.9 Å². The molecule has 5 nitrogen and oxygen atoms in total. The molecule has 1 aromatic rings. The molecule has 0 heterocycles. The van der Waals surface area contributed by atoms with Gasteiger partial charge in [0.15, 0.2) is 0 Å². The summed E-state index contributed by atoms with van der Waals surface area (Å²) in [5.41, 5.74) is 4.75. The van der Waals surface area contributed by atoms with Gasteiger partial charge in [0.25, 0.3) is 0 Å². The first kappa shape index (κ1) is 24.4. The molecule has 5 unspecified atom stereocenters. The number of benzene rings is 1. The molecule has 1 aromatic carbocycles. The first-order chi connectivity index (χ1) is 15.2. The topological polar surface area (TPSA) is 84.2 Å². The zero-order valence-corrected chi connectivity index (χ0v) is 21.9. The predicted octanol–water partition coefficient (Wildman–Crippen LogP) is 5.44. The summed E-state index contributed by atoms with van der Waals surface area (Å²) >= 11 is 11.2. The average Bonchev–Trinajstić information content (AvgIpc) is 2.70. The fraction of sp³-hybridized carbons (Fsp3) is 0.667. The smallest absolute Gasteiger partial charge is 0.241 e. The summed E-state index contributed by atoms with van der Waals surface area (Å²) in [4.78, 5) is 26.7. The van der Waals surface area contributed by atoms with Crippen LogP contribution in [-0.4, -0.2) is 23.4 Å². The highest BCUT2D eigenvalue weighted by Crippen LogP contribution is 2.51. The predicted molar refractivity (Wildman–Crippen MR) is 133 cm³/mol. The van der Waals surface area contributed by atoms with Gasteiger partial charge in [-0.15, -0.1) is 0 Å². The minimum atomic E-state index is -0.572. The van der Waals surface area contributed by atoms with Gasteiger partial charge in [-0.05, 0) is 92.8 Å². The lowest BCUT2D eigenvalue weighted by molar-refractivity contribution is -0.135. The van der Waals surface area contributed by atoms with E-state index >= 15 is 0 Å². The third kappa shape index (κ3) is 4.73. The number of amides is 2. The van der Waals surface area contributed by atoms with Gasteiger partial charge in [-0.1, -0.05) is 47.8 Å². The Bertz CT molecular complexity index is 896. The molecule has 32 heavy (non-hydrogen) atoms. The fourth-order valence-electron chi connectivity index (χ4n) is 6.07. The zero-order valence-electron chi connectivity index (χ0n) is 18.8. The highest BCUT2D eigenvalue weighted by atomic mass is 79.9. The van der Waals surface area contributed by atoms with Crippen LogP contribution in [0.2, 0.25) is 5.02 Å². The summed E-state index contributed by atoms with van der Waals surface area (Å²) in [6.45, 7) is 4.22. The third-order valence-corrected chi connectivity index (χ3v) is 10.0. The molecule has 0 spiro atoms. The highest BCUT2D eigenvalue weighted by molar-refractivity contribution is 9.10. The van der Waals surface area contributed by atoms with E-state index in [1.165, 1.54) is 11.9 Å². The van der Waals surface area contributed by atoms with Crippen molar-refractivity contribution in [1.29, 1.82) is 0 Å². The van der Waals surface area contributed by atoms with Crippen LogP contribution in [0, 0.1) is 23.2 Å². The van der Waals surface area contributed by atoms with Gasteiger partial charge in [0.05, 0.1) is 5.02 Å². The van der Waals surface area contributed by atoms with E-state index in [1.807, 2.05) is 25.1 Å². The molecule has 0 aliphatic heterocycles. The highest BCUT2D eigenvalue weighted by Gasteiger charge is 2.51. The number of hydrogen-bond acceptors (Lipinski definition) is 4. The number of nitrogens with two attached hydrogens (primary N) is 1. The van der Waals surface area contributed by atoms with Crippen molar-refractivity contribution in [2.45, 2.75) is 81.7 Å². The summed E-state index contributed by atoms with van der Waals surface area (Å²) in [6, 6.07) is 5.87. The number of carbonyl (C=O) groups excluding carboxylic acids is 2. The van der Waals surface area contributed by atoms with E-state index in [1.54, 1.807) is 0 Å². The molecular formula is C24H33BrClN3O2S. The van der Waals surface area contributed by atoms with Crippen LogP contribution < -0.4 is 15.8 Å². The number of nitrogens with one attached hydrogen (secondary N) is 2. The number of primary amides is 1. The second kappa shape index (κ2) is 9.47. The molecule has 0 aromatic heterocycles. The van der Waals surface area contributed by atoms with Crippen LogP contribution in [0.4, 0.5) is 0 Å². The Morgan fingerprint density at radius 2 is 2.03 bits per heavy atom. The van der Waals surface area contributed by atoms with Gasteiger partial charge in [-0.3, -0.25) is 9.59 Å². The Morgan fingerprint density at radius 3 is 2.62 bits per heavy atom. The lowest BCUT2D eigenvalue weighted by Gasteiger charge is -2.51. The molecule has 4 rings (SSSR count). The van der Waals surface area contributed by atoms with E-state index in [2.05, 4.69) is 32.9 Å². The van der Waals surface area contributed by atoms with Crippen LogP contribution in [0.25, 0.3) is 0 Å². The summed E-state index contributed by atoms with van der Waals surface area (Å²) in [6.07, 6.45) is 7.48. The molecule has 3 aliphatic carbocycles. The minimum Gasteiger partial charge on any atom is -0.369 e. The zero-order chi connectivity index (χ0) is 23.1. The minimum absolute atomic E-state index is 0.0812. The number of rotatable bonds is 7. The lowest BCUT2D eigenvalue weighted by atomic mass is 9.56. The maximum atomic E-state index is 13.6. The third-order valence-electron chi connectivity index (χ3n) is 8.05. The summed E-state index contributed by atoms with van der Waals surface area (Å²) in [5.74, 6) is 1.16. The van der Waals surface area contributed by atoms with E-state index in [0.29, 0.717) is 22.8 Å². The summed E-state index contributed by atoms with van der Waals surface area (Å²) in [7, 11) is 0. The SMILES string of the molecule is CCC1CC2CC(CC(C)(C(N)=O)C2)C1NC(=O)C1(NSc2ccc(Br)cc2Cl)CCC1. The van der Waals surface area contributed by atoms with E-state index in [0.717, 1.165) is 60.7 Å². The first-order valence-corrected chi connectivity index (χ1v) is 13.6. The van der Waals surface area contributed by atoms with Crippen LogP contribution in [0.5, 0.6) is 0 Å². The Labute approximate surface area is 208 Å².